The number of rotatable bonds is 5. The molecule has 0 unspecified atom stereocenters. The second kappa shape index (κ2) is 9.32. The second-order valence-corrected chi connectivity index (χ2v) is 8.16. The van der Waals surface area contributed by atoms with Crippen molar-refractivity contribution in [3.05, 3.63) is 81.8 Å². The van der Waals surface area contributed by atoms with Crippen molar-refractivity contribution in [2.45, 2.75) is 40.0 Å². The van der Waals surface area contributed by atoms with Gasteiger partial charge in [-0.25, -0.2) is 5.43 Å². The van der Waals surface area contributed by atoms with Crippen LogP contribution in [0.4, 0.5) is 5.69 Å². The molecule has 170 valence electrons. The number of nitrogens with zero attached hydrogens (tertiary/aromatic N) is 1. The Hall–Kier alpha value is -3.87. The number of hydrazone groups is 1. The smallest absolute Gasteiger partial charge is 0.291 e. The molecule has 1 aliphatic rings. The number of nitrogens with one attached hydrogen (secondary N) is 2. The number of furan rings is 1. The Kier molecular flexibility index (Phi) is 6.31. The lowest BCUT2D eigenvalue weighted by Crippen LogP contribution is -2.22. The summed E-state index contributed by atoms with van der Waals surface area (Å²) in [7, 11) is 1.52. The summed E-state index contributed by atoms with van der Waals surface area (Å²) in [6.45, 7) is 5.88. The topological polar surface area (TPSA) is 92.9 Å². The quantitative estimate of drug-likeness (QED) is 0.544. The van der Waals surface area contributed by atoms with Gasteiger partial charge in [-0.15, -0.1) is 0 Å². The molecule has 0 radical (unpaired) electrons. The first-order chi connectivity index (χ1) is 15.9. The minimum absolute atomic E-state index is 0.267. The Morgan fingerprint density at radius 2 is 1.79 bits per heavy atom. The summed E-state index contributed by atoms with van der Waals surface area (Å²) in [5, 5.41) is 7.30. The summed E-state index contributed by atoms with van der Waals surface area (Å²) in [5.74, 6) is 0.797. The van der Waals surface area contributed by atoms with Gasteiger partial charge in [0.1, 0.15) is 11.5 Å². The number of aryl methyl sites for hydroxylation is 3. The number of carbonyl (C=O) groups excluding carboxylic acids is 2. The van der Waals surface area contributed by atoms with Crippen LogP contribution >= 0.6 is 0 Å². The Morgan fingerprint density at radius 3 is 2.55 bits per heavy atom. The van der Waals surface area contributed by atoms with Crippen LogP contribution in [0.2, 0.25) is 0 Å². The molecule has 1 aliphatic carbocycles. The number of benzene rings is 2. The average Bonchev–Trinajstić information content (AvgIpc) is 3.17. The number of amides is 2. The second-order valence-electron chi connectivity index (χ2n) is 8.16. The molecule has 0 spiro atoms. The highest BCUT2D eigenvalue weighted by atomic mass is 16.5. The summed E-state index contributed by atoms with van der Waals surface area (Å²) < 4.78 is 11.2. The van der Waals surface area contributed by atoms with Gasteiger partial charge in [-0.1, -0.05) is 18.2 Å². The van der Waals surface area contributed by atoms with E-state index in [9.17, 15) is 9.59 Å². The predicted molar refractivity (Wildman–Crippen MR) is 127 cm³/mol. The van der Waals surface area contributed by atoms with Crippen molar-refractivity contribution in [2.75, 3.05) is 12.4 Å². The van der Waals surface area contributed by atoms with E-state index in [4.69, 9.17) is 9.15 Å². The molecule has 0 atom stereocenters. The molecule has 1 heterocycles. The third kappa shape index (κ3) is 4.53. The summed E-state index contributed by atoms with van der Waals surface area (Å²) in [6.07, 6.45) is 2.21. The lowest BCUT2D eigenvalue weighted by Gasteiger charge is -2.14. The van der Waals surface area contributed by atoms with E-state index in [1.54, 1.807) is 24.3 Å². The number of hydrogen-bond acceptors (Lipinski definition) is 5. The maximum Gasteiger partial charge on any atom is 0.291 e. The van der Waals surface area contributed by atoms with Crippen LogP contribution in [0.25, 0.3) is 0 Å². The molecule has 0 bridgehead atoms. The largest absolute Gasteiger partial charge is 0.496 e. The lowest BCUT2D eigenvalue weighted by molar-refractivity contribution is 0.0950. The van der Waals surface area contributed by atoms with E-state index in [1.165, 1.54) is 7.11 Å². The van der Waals surface area contributed by atoms with Crippen molar-refractivity contribution in [2.24, 2.45) is 5.10 Å². The summed E-state index contributed by atoms with van der Waals surface area (Å²) in [4.78, 5) is 25.6. The summed E-state index contributed by atoms with van der Waals surface area (Å²) >= 11 is 0. The van der Waals surface area contributed by atoms with Crippen molar-refractivity contribution in [1.29, 1.82) is 0 Å². The van der Waals surface area contributed by atoms with Gasteiger partial charge in [-0.2, -0.15) is 5.10 Å². The van der Waals surface area contributed by atoms with Crippen LogP contribution in [-0.2, 0) is 6.42 Å². The van der Waals surface area contributed by atoms with E-state index in [2.05, 4.69) is 15.8 Å². The van der Waals surface area contributed by atoms with Crippen LogP contribution in [0.15, 0.2) is 52.0 Å². The van der Waals surface area contributed by atoms with E-state index < -0.39 is 0 Å². The predicted octanol–water partition coefficient (Wildman–Crippen LogP) is 4.94. The number of ether oxygens (including phenoxy) is 1. The first-order valence-electron chi connectivity index (χ1n) is 10.9. The van der Waals surface area contributed by atoms with E-state index in [0.29, 0.717) is 35.6 Å². The van der Waals surface area contributed by atoms with Gasteiger partial charge in [-0.05, 0) is 69.0 Å². The number of fused-ring (bicyclic) bond motifs is 1. The molecule has 0 fully saturated rings. The van der Waals surface area contributed by atoms with Gasteiger partial charge in [-0.3, -0.25) is 9.59 Å². The van der Waals surface area contributed by atoms with E-state index in [1.807, 2.05) is 39.0 Å². The van der Waals surface area contributed by atoms with Gasteiger partial charge in [0.15, 0.2) is 5.76 Å². The molecule has 0 saturated carbocycles. The number of carbonyl (C=O) groups is 2. The SMILES string of the molecule is COc1ccccc1C(=O)N/N=C1\CCCc2oc(C(=O)Nc3ccc(C)c(C)c3)c(C)c21. The molecule has 7 nitrogen and oxygen atoms in total. The van der Waals surface area contributed by atoms with Gasteiger partial charge in [0, 0.05) is 23.2 Å². The highest BCUT2D eigenvalue weighted by molar-refractivity contribution is 6.09. The highest BCUT2D eigenvalue weighted by Gasteiger charge is 2.28. The first-order valence-corrected chi connectivity index (χ1v) is 10.9. The molecular formula is C26H27N3O4. The van der Waals surface area contributed by atoms with Crippen LogP contribution in [0.1, 0.15) is 61.8 Å². The zero-order valence-electron chi connectivity index (χ0n) is 19.2. The molecule has 3 aromatic rings. The van der Waals surface area contributed by atoms with Crippen LogP contribution in [0.5, 0.6) is 5.75 Å². The third-order valence-corrected chi connectivity index (χ3v) is 5.94. The minimum Gasteiger partial charge on any atom is -0.496 e. The Bertz CT molecular complexity index is 1260. The Morgan fingerprint density at radius 1 is 1.00 bits per heavy atom. The Balaban J connectivity index is 1.57. The Labute approximate surface area is 192 Å². The number of hydrogen-bond donors (Lipinski definition) is 2. The molecule has 2 aromatic carbocycles. The molecule has 1 aromatic heterocycles. The van der Waals surface area contributed by atoms with Gasteiger partial charge >= 0.3 is 0 Å². The summed E-state index contributed by atoms with van der Waals surface area (Å²) in [6, 6.07) is 12.8. The summed E-state index contributed by atoms with van der Waals surface area (Å²) in [5.41, 5.74) is 8.22. The standard InChI is InChI=1S/C26H27N3O4/c1-15-12-13-18(14-16(15)2)27-26(31)24-17(3)23-20(9-7-11-22(23)33-24)28-29-25(30)19-8-5-6-10-21(19)32-4/h5-6,8,10,12-14H,7,9,11H2,1-4H3,(H,27,31)(H,29,30)/b28-20+. The fraction of sp³-hybridized carbons (Fsp3) is 0.269. The molecule has 2 N–H and O–H groups in total. The van der Waals surface area contributed by atoms with Gasteiger partial charge in [0.05, 0.1) is 18.4 Å². The van der Waals surface area contributed by atoms with Crippen LogP contribution < -0.4 is 15.5 Å². The minimum atomic E-state index is -0.360. The molecular weight excluding hydrogens is 418 g/mol. The highest BCUT2D eigenvalue weighted by Crippen LogP contribution is 2.30. The monoisotopic (exact) mass is 445 g/mol. The maximum atomic E-state index is 12.9. The molecule has 2 amide bonds. The van der Waals surface area contributed by atoms with Gasteiger partial charge in [0.2, 0.25) is 0 Å². The van der Waals surface area contributed by atoms with Crippen molar-refractivity contribution in [3.63, 3.8) is 0 Å². The van der Waals surface area contributed by atoms with Crippen molar-refractivity contribution in [3.8, 4) is 5.75 Å². The maximum absolute atomic E-state index is 12.9. The molecule has 0 aliphatic heterocycles. The molecule has 4 rings (SSSR count). The van der Waals surface area contributed by atoms with E-state index in [0.717, 1.165) is 34.4 Å². The molecule has 7 heteroatoms. The normalized spacial score (nSPS) is 14.0. The van der Waals surface area contributed by atoms with Gasteiger partial charge < -0.3 is 14.5 Å². The number of methoxy groups -OCH3 is 1. The van der Waals surface area contributed by atoms with E-state index in [-0.39, 0.29) is 17.6 Å². The van der Waals surface area contributed by atoms with Crippen molar-refractivity contribution >= 4 is 23.2 Å². The average molecular weight is 446 g/mol. The zero-order chi connectivity index (χ0) is 23.5. The van der Waals surface area contributed by atoms with Crippen molar-refractivity contribution < 1.29 is 18.7 Å². The van der Waals surface area contributed by atoms with Gasteiger partial charge in [0.25, 0.3) is 11.8 Å². The molecule has 33 heavy (non-hydrogen) atoms. The lowest BCUT2D eigenvalue weighted by atomic mass is 9.93. The first kappa shape index (κ1) is 22.3. The number of para-hydroxylation sites is 1. The molecule has 0 saturated heterocycles. The van der Waals surface area contributed by atoms with Crippen LogP contribution in [0, 0.1) is 20.8 Å². The zero-order valence-corrected chi connectivity index (χ0v) is 19.2. The fourth-order valence-corrected chi connectivity index (χ4v) is 4.01. The van der Waals surface area contributed by atoms with Crippen LogP contribution in [0.3, 0.4) is 0 Å². The van der Waals surface area contributed by atoms with E-state index >= 15 is 0 Å². The van der Waals surface area contributed by atoms with Crippen LogP contribution in [-0.4, -0.2) is 24.6 Å². The third-order valence-electron chi connectivity index (χ3n) is 5.94. The number of anilines is 1. The fourth-order valence-electron chi connectivity index (χ4n) is 4.01. The van der Waals surface area contributed by atoms with Crippen molar-refractivity contribution in [1.82, 2.24) is 5.43 Å².